The first kappa shape index (κ1) is 13.7. The fourth-order valence-electron chi connectivity index (χ4n) is 1.61. The monoisotopic (exact) mass is 379 g/mol. The third-order valence-corrected chi connectivity index (χ3v) is 4.14. The lowest BCUT2D eigenvalue weighted by molar-refractivity contribution is 0.181. The molecular formula is C11H11ClIN3O2. The van der Waals surface area contributed by atoms with Crippen LogP contribution in [0.3, 0.4) is 0 Å². The molecule has 0 aliphatic rings. The van der Waals surface area contributed by atoms with Crippen LogP contribution in [-0.2, 0) is 11.3 Å². The first-order valence-corrected chi connectivity index (χ1v) is 6.64. The number of aryl methyl sites for hydroxylation is 2. The zero-order chi connectivity index (χ0) is 13.3. The van der Waals surface area contributed by atoms with E-state index in [1.54, 1.807) is 7.11 Å². The molecule has 0 bridgehead atoms. The van der Waals surface area contributed by atoms with Gasteiger partial charge in [0.05, 0.1) is 27.1 Å². The van der Waals surface area contributed by atoms with Crippen LogP contribution in [0.25, 0.3) is 11.4 Å². The topological polar surface area (TPSA) is 61.0 Å². The Balaban J connectivity index is 2.59. The first-order chi connectivity index (χ1) is 8.54. The predicted octanol–water partition coefficient (Wildman–Crippen LogP) is 3.15. The predicted molar refractivity (Wildman–Crippen MR) is 75.4 cm³/mol. The Morgan fingerprint density at radius 3 is 2.61 bits per heavy atom. The van der Waals surface area contributed by atoms with Gasteiger partial charge in [-0.3, -0.25) is 0 Å². The van der Waals surface area contributed by atoms with Gasteiger partial charge in [-0.05, 0) is 36.4 Å². The highest BCUT2D eigenvalue weighted by atomic mass is 127. The Bertz CT molecular complexity index is 566. The molecule has 2 aromatic rings. The second-order valence-electron chi connectivity index (χ2n) is 3.73. The molecule has 0 aliphatic carbocycles. The van der Waals surface area contributed by atoms with Crippen molar-refractivity contribution in [2.24, 2.45) is 0 Å². The van der Waals surface area contributed by atoms with E-state index in [4.69, 9.17) is 20.9 Å². The van der Waals surface area contributed by atoms with Crippen molar-refractivity contribution in [3.05, 3.63) is 25.9 Å². The van der Waals surface area contributed by atoms with E-state index in [9.17, 15) is 0 Å². The molecule has 2 heterocycles. The third kappa shape index (κ3) is 2.50. The fourth-order valence-corrected chi connectivity index (χ4v) is 2.20. The average Bonchev–Trinajstić information content (AvgIpc) is 2.65. The number of aromatic nitrogens is 3. The zero-order valence-corrected chi connectivity index (χ0v) is 13.0. The van der Waals surface area contributed by atoms with Crippen LogP contribution in [0.15, 0.2) is 4.52 Å². The molecule has 0 atom stereocenters. The van der Waals surface area contributed by atoms with Crippen molar-refractivity contribution in [1.82, 2.24) is 15.1 Å². The van der Waals surface area contributed by atoms with Crippen LogP contribution in [-0.4, -0.2) is 22.2 Å². The largest absolute Gasteiger partial charge is 0.378 e. The SMILES string of the molecule is COCc1nc(-c2c(C)noc2C)nc(Cl)c1I. The summed E-state index contributed by atoms with van der Waals surface area (Å²) in [6.45, 7) is 4.05. The van der Waals surface area contributed by atoms with Crippen LogP contribution in [0.1, 0.15) is 17.1 Å². The molecule has 0 N–H and O–H groups in total. The van der Waals surface area contributed by atoms with Gasteiger partial charge < -0.3 is 9.26 Å². The maximum atomic E-state index is 6.11. The molecule has 0 amide bonds. The summed E-state index contributed by atoms with van der Waals surface area (Å²) in [5, 5.41) is 4.30. The number of nitrogens with zero attached hydrogens (tertiary/aromatic N) is 3. The number of halogens is 2. The Kier molecular flexibility index (Phi) is 4.18. The Morgan fingerprint density at radius 1 is 1.33 bits per heavy atom. The molecule has 0 saturated carbocycles. The van der Waals surface area contributed by atoms with Crippen molar-refractivity contribution in [3.8, 4) is 11.4 Å². The van der Waals surface area contributed by atoms with Gasteiger partial charge >= 0.3 is 0 Å². The second kappa shape index (κ2) is 5.50. The fraction of sp³-hybridized carbons (Fsp3) is 0.364. The molecule has 0 spiro atoms. The van der Waals surface area contributed by atoms with Gasteiger partial charge in [0, 0.05) is 7.11 Å². The molecular weight excluding hydrogens is 368 g/mol. The van der Waals surface area contributed by atoms with Crippen molar-refractivity contribution in [3.63, 3.8) is 0 Å². The molecule has 96 valence electrons. The summed E-state index contributed by atoms with van der Waals surface area (Å²) in [6.07, 6.45) is 0. The molecule has 2 rings (SSSR count). The van der Waals surface area contributed by atoms with Crippen LogP contribution in [0.5, 0.6) is 0 Å². The summed E-state index contributed by atoms with van der Waals surface area (Å²) >= 11 is 8.22. The van der Waals surface area contributed by atoms with Crippen molar-refractivity contribution < 1.29 is 9.26 Å². The highest BCUT2D eigenvalue weighted by Crippen LogP contribution is 2.28. The molecule has 2 aromatic heterocycles. The minimum Gasteiger partial charge on any atom is -0.378 e. The summed E-state index contributed by atoms with van der Waals surface area (Å²) in [6, 6.07) is 0. The standard InChI is InChI=1S/C11H11ClIN3O2/c1-5-8(6(2)18-16-5)11-14-7(4-17-3)9(13)10(12)15-11/h4H2,1-3H3. The number of ether oxygens (including phenoxy) is 1. The summed E-state index contributed by atoms with van der Waals surface area (Å²) in [5.41, 5.74) is 2.28. The highest BCUT2D eigenvalue weighted by molar-refractivity contribution is 14.1. The Labute approximate surface area is 123 Å². The van der Waals surface area contributed by atoms with Crippen LogP contribution >= 0.6 is 34.2 Å². The van der Waals surface area contributed by atoms with E-state index in [1.807, 2.05) is 13.8 Å². The van der Waals surface area contributed by atoms with Crippen LogP contribution in [0.4, 0.5) is 0 Å². The molecule has 0 aromatic carbocycles. The molecule has 0 unspecified atom stereocenters. The average molecular weight is 380 g/mol. The number of hydrogen-bond donors (Lipinski definition) is 0. The molecule has 0 aliphatic heterocycles. The molecule has 0 saturated heterocycles. The van der Waals surface area contributed by atoms with Crippen LogP contribution in [0, 0.1) is 17.4 Å². The van der Waals surface area contributed by atoms with Crippen molar-refractivity contribution >= 4 is 34.2 Å². The first-order valence-electron chi connectivity index (χ1n) is 5.18. The molecule has 0 radical (unpaired) electrons. The van der Waals surface area contributed by atoms with E-state index in [-0.39, 0.29) is 0 Å². The van der Waals surface area contributed by atoms with Crippen LogP contribution < -0.4 is 0 Å². The highest BCUT2D eigenvalue weighted by Gasteiger charge is 2.18. The van der Waals surface area contributed by atoms with Crippen molar-refractivity contribution in [1.29, 1.82) is 0 Å². The van der Waals surface area contributed by atoms with E-state index in [0.29, 0.717) is 23.3 Å². The van der Waals surface area contributed by atoms with Gasteiger partial charge in [-0.15, -0.1) is 0 Å². The smallest absolute Gasteiger partial charge is 0.166 e. The van der Waals surface area contributed by atoms with Gasteiger partial charge in [0.2, 0.25) is 0 Å². The lowest BCUT2D eigenvalue weighted by Gasteiger charge is -2.07. The third-order valence-electron chi connectivity index (χ3n) is 2.42. The summed E-state index contributed by atoms with van der Waals surface area (Å²) in [7, 11) is 1.61. The Morgan fingerprint density at radius 2 is 2.06 bits per heavy atom. The molecule has 18 heavy (non-hydrogen) atoms. The minimum absolute atomic E-state index is 0.386. The van der Waals surface area contributed by atoms with Crippen molar-refractivity contribution in [2.75, 3.05) is 7.11 Å². The number of methoxy groups -OCH3 is 1. The lowest BCUT2D eigenvalue weighted by atomic mass is 10.2. The van der Waals surface area contributed by atoms with E-state index in [0.717, 1.165) is 20.5 Å². The zero-order valence-electron chi connectivity index (χ0n) is 10.1. The second-order valence-corrected chi connectivity index (χ2v) is 5.17. The molecule has 5 nitrogen and oxygen atoms in total. The Hall–Kier alpha value is -0.730. The van der Waals surface area contributed by atoms with E-state index >= 15 is 0 Å². The normalized spacial score (nSPS) is 10.9. The van der Waals surface area contributed by atoms with Gasteiger partial charge in [0.1, 0.15) is 10.9 Å². The van der Waals surface area contributed by atoms with Crippen molar-refractivity contribution in [2.45, 2.75) is 20.5 Å². The van der Waals surface area contributed by atoms with Gasteiger partial charge in [-0.1, -0.05) is 16.8 Å². The molecule has 0 fully saturated rings. The summed E-state index contributed by atoms with van der Waals surface area (Å²) in [4.78, 5) is 8.73. The van der Waals surface area contributed by atoms with Crippen LogP contribution in [0.2, 0.25) is 5.15 Å². The number of rotatable bonds is 3. The van der Waals surface area contributed by atoms with E-state index in [1.165, 1.54) is 0 Å². The minimum atomic E-state index is 0.386. The maximum absolute atomic E-state index is 6.11. The summed E-state index contributed by atoms with van der Waals surface area (Å²) < 4.78 is 11.0. The number of hydrogen-bond acceptors (Lipinski definition) is 5. The maximum Gasteiger partial charge on any atom is 0.166 e. The van der Waals surface area contributed by atoms with E-state index in [2.05, 4.69) is 37.7 Å². The van der Waals surface area contributed by atoms with E-state index < -0.39 is 0 Å². The van der Waals surface area contributed by atoms with Gasteiger partial charge in [0.25, 0.3) is 0 Å². The lowest BCUT2D eigenvalue weighted by Crippen LogP contribution is -2.02. The summed E-state index contributed by atoms with van der Waals surface area (Å²) in [5.74, 6) is 1.19. The van der Waals surface area contributed by atoms with Gasteiger partial charge in [-0.25, -0.2) is 9.97 Å². The van der Waals surface area contributed by atoms with Gasteiger partial charge in [0.15, 0.2) is 5.82 Å². The van der Waals surface area contributed by atoms with Gasteiger partial charge in [-0.2, -0.15) is 0 Å². The molecule has 7 heteroatoms. The quantitative estimate of drug-likeness (QED) is 0.605.